The van der Waals surface area contributed by atoms with Crippen LogP contribution in [0.25, 0.3) is 0 Å². The van der Waals surface area contributed by atoms with Crippen LogP contribution in [0.2, 0.25) is 0 Å². The summed E-state index contributed by atoms with van der Waals surface area (Å²) in [7, 11) is 0. The van der Waals surface area contributed by atoms with E-state index < -0.39 is 5.82 Å². The van der Waals surface area contributed by atoms with Gasteiger partial charge in [0, 0.05) is 31.1 Å². The van der Waals surface area contributed by atoms with Crippen molar-refractivity contribution < 1.29 is 14.4 Å². The lowest BCUT2D eigenvalue weighted by atomic mass is 10.1. The molecule has 7 heteroatoms. The first-order valence-corrected chi connectivity index (χ1v) is 6.36. The molecule has 1 aliphatic rings. The molecule has 0 bridgehead atoms. The van der Waals surface area contributed by atoms with Crippen molar-refractivity contribution in [2.75, 3.05) is 6.54 Å². The number of nitrogens with one attached hydrogen (secondary N) is 2. The third-order valence-corrected chi connectivity index (χ3v) is 3.17. The van der Waals surface area contributed by atoms with E-state index in [1.165, 1.54) is 12.1 Å². The zero-order chi connectivity index (χ0) is 14.5. The maximum absolute atomic E-state index is 13.4. The number of benzene rings is 1. The van der Waals surface area contributed by atoms with Crippen molar-refractivity contribution in [3.8, 4) is 0 Å². The molecule has 0 spiro atoms. The van der Waals surface area contributed by atoms with Gasteiger partial charge in [-0.3, -0.25) is 4.79 Å². The van der Waals surface area contributed by atoms with Crippen LogP contribution < -0.4 is 16.4 Å². The van der Waals surface area contributed by atoms with E-state index in [4.69, 9.17) is 10.9 Å². The van der Waals surface area contributed by atoms with E-state index in [2.05, 4.69) is 15.8 Å². The summed E-state index contributed by atoms with van der Waals surface area (Å²) in [6.07, 6.45) is 1.37. The van der Waals surface area contributed by atoms with E-state index in [-0.39, 0.29) is 17.8 Å². The van der Waals surface area contributed by atoms with Crippen molar-refractivity contribution in [1.82, 2.24) is 10.6 Å². The third kappa shape index (κ3) is 3.67. The van der Waals surface area contributed by atoms with E-state index in [0.29, 0.717) is 30.6 Å². The van der Waals surface area contributed by atoms with Crippen LogP contribution in [-0.4, -0.2) is 29.5 Å². The molecule has 1 heterocycles. The Morgan fingerprint density at radius 1 is 1.55 bits per heavy atom. The highest BCUT2D eigenvalue weighted by Crippen LogP contribution is 2.10. The van der Waals surface area contributed by atoms with Gasteiger partial charge in [0.25, 0.3) is 0 Å². The number of nitrogens with two attached hydrogens (primary N) is 1. The van der Waals surface area contributed by atoms with Gasteiger partial charge in [0.15, 0.2) is 5.84 Å². The maximum Gasteiger partial charge on any atom is 0.220 e. The van der Waals surface area contributed by atoms with Gasteiger partial charge >= 0.3 is 0 Å². The van der Waals surface area contributed by atoms with Gasteiger partial charge in [-0.15, -0.1) is 0 Å². The Balaban J connectivity index is 1.92. The molecule has 0 aromatic heterocycles. The number of halogens is 1. The SMILES string of the molecule is N/C(=N/O)c1cc(F)cc(CNCC2CCC(=O)N2)c1. The van der Waals surface area contributed by atoms with Crippen molar-refractivity contribution in [1.29, 1.82) is 0 Å². The molecule has 1 aliphatic heterocycles. The normalized spacial score (nSPS) is 19.1. The molecule has 1 aromatic carbocycles. The Morgan fingerprint density at radius 2 is 2.35 bits per heavy atom. The highest BCUT2D eigenvalue weighted by Gasteiger charge is 2.19. The second-order valence-electron chi connectivity index (χ2n) is 4.77. The number of amides is 1. The Kier molecular flexibility index (Phi) is 4.52. The molecule has 1 atom stereocenters. The molecular weight excluding hydrogens is 263 g/mol. The summed E-state index contributed by atoms with van der Waals surface area (Å²) in [6, 6.07) is 4.36. The molecule has 6 nitrogen and oxygen atoms in total. The van der Waals surface area contributed by atoms with Crippen molar-refractivity contribution >= 4 is 11.7 Å². The minimum atomic E-state index is -0.444. The molecule has 0 saturated carbocycles. The maximum atomic E-state index is 13.4. The van der Waals surface area contributed by atoms with Crippen LogP contribution >= 0.6 is 0 Å². The number of hydrogen-bond acceptors (Lipinski definition) is 4. The van der Waals surface area contributed by atoms with Gasteiger partial charge in [-0.25, -0.2) is 4.39 Å². The van der Waals surface area contributed by atoms with Crippen LogP contribution in [0.1, 0.15) is 24.0 Å². The Bertz CT molecular complexity index is 533. The topological polar surface area (TPSA) is 99.7 Å². The molecule has 0 aliphatic carbocycles. The van der Waals surface area contributed by atoms with E-state index >= 15 is 0 Å². The predicted octanol–water partition coefficient (Wildman–Crippen LogP) is 0.288. The van der Waals surface area contributed by atoms with Crippen molar-refractivity contribution in [2.45, 2.75) is 25.4 Å². The molecule has 1 unspecified atom stereocenters. The molecule has 1 amide bonds. The quantitative estimate of drug-likeness (QED) is 0.269. The number of nitrogens with zero attached hydrogens (tertiary/aromatic N) is 1. The van der Waals surface area contributed by atoms with Gasteiger partial charge in [0.1, 0.15) is 5.82 Å². The number of hydrogen-bond donors (Lipinski definition) is 4. The van der Waals surface area contributed by atoms with Crippen molar-refractivity contribution in [3.05, 3.63) is 35.1 Å². The molecule has 108 valence electrons. The molecule has 5 N–H and O–H groups in total. The lowest BCUT2D eigenvalue weighted by molar-refractivity contribution is -0.119. The first-order valence-electron chi connectivity index (χ1n) is 6.36. The van der Waals surface area contributed by atoms with E-state index in [9.17, 15) is 9.18 Å². The number of carbonyl (C=O) groups is 1. The fourth-order valence-electron chi connectivity index (χ4n) is 2.18. The minimum Gasteiger partial charge on any atom is -0.409 e. The second-order valence-corrected chi connectivity index (χ2v) is 4.77. The van der Waals surface area contributed by atoms with Crippen LogP contribution in [0.3, 0.4) is 0 Å². The molecule has 1 fully saturated rings. The fraction of sp³-hybridized carbons (Fsp3) is 0.385. The van der Waals surface area contributed by atoms with Gasteiger partial charge in [-0.1, -0.05) is 5.16 Å². The standard InChI is InChI=1S/C13H17FN4O2/c14-10-4-8(3-9(5-10)13(15)18-20)6-16-7-11-1-2-12(19)17-11/h3-5,11,16,20H,1-2,6-7H2,(H2,15,18)(H,17,19). The molecule has 0 radical (unpaired) electrons. The number of rotatable bonds is 5. The summed E-state index contributed by atoms with van der Waals surface area (Å²) < 4.78 is 13.4. The van der Waals surface area contributed by atoms with Gasteiger partial charge in [0.05, 0.1) is 0 Å². The summed E-state index contributed by atoms with van der Waals surface area (Å²) in [4.78, 5) is 11.0. The van der Waals surface area contributed by atoms with Gasteiger partial charge in [-0.2, -0.15) is 0 Å². The van der Waals surface area contributed by atoms with Crippen LogP contribution in [0, 0.1) is 5.82 Å². The summed E-state index contributed by atoms with van der Waals surface area (Å²) in [5.41, 5.74) is 6.46. The Morgan fingerprint density at radius 3 is 3.00 bits per heavy atom. The second kappa shape index (κ2) is 6.33. The average Bonchev–Trinajstić information content (AvgIpc) is 2.83. The number of oxime groups is 1. The zero-order valence-corrected chi connectivity index (χ0v) is 10.9. The summed E-state index contributed by atoms with van der Waals surface area (Å²) in [5, 5.41) is 17.4. The lowest BCUT2D eigenvalue weighted by Crippen LogP contribution is -2.35. The third-order valence-electron chi connectivity index (χ3n) is 3.17. The molecular formula is C13H17FN4O2. The van der Waals surface area contributed by atoms with Crippen molar-refractivity contribution in [3.63, 3.8) is 0 Å². The van der Waals surface area contributed by atoms with Crippen LogP contribution in [0.4, 0.5) is 4.39 Å². The molecule has 20 heavy (non-hydrogen) atoms. The largest absolute Gasteiger partial charge is 0.409 e. The van der Waals surface area contributed by atoms with Crippen LogP contribution in [0.15, 0.2) is 23.4 Å². The first kappa shape index (κ1) is 14.3. The first-order chi connectivity index (χ1) is 9.58. The van der Waals surface area contributed by atoms with E-state index in [1.54, 1.807) is 6.07 Å². The van der Waals surface area contributed by atoms with Crippen molar-refractivity contribution in [2.24, 2.45) is 10.9 Å². The summed E-state index contributed by atoms with van der Waals surface area (Å²) >= 11 is 0. The smallest absolute Gasteiger partial charge is 0.220 e. The van der Waals surface area contributed by atoms with Crippen LogP contribution in [-0.2, 0) is 11.3 Å². The fourth-order valence-corrected chi connectivity index (χ4v) is 2.18. The Labute approximate surface area is 115 Å². The highest BCUT2D eigenvalue weighted by molar-refractivity contribution is 5.97. The molecule has 2 rings (SSSR count). The summed E-state index contributed by atoms with van der Waals surface area (Å²) in [5.74, 6) is -0.509. The Hall–Kier alpha value is -2.15. The average molecular weight is 280 g/mol. The van der Waals surface area contributed by atoms with E-state index in [1.807, 2.05) is 0 Å². The molecule has 1 saturated heterocycles. The lowest BCUT2D eigenvalue weighted by Gasteiger charge is -2.12. The predicted molar refractivity (Wildman–Crippen MR) is 71.8 cm³/mol. The van der Waals surface area contributed by atoms with Crippen LogP contribution in [0.5, 0.6) is 0 Å². The van der Waals surface area contributed by atoms with E-state index in [0.717, 1.165) is 6.42 Å². The van der Waals surface area contributed by atoms with Gasteiger partial charge in [-0.05, 0) is 30.2 Å². The minimum absolute atomic E-state index is 0.0665. The number of carbonyl (C=O) groups excluding carboxylic acids is 1. The summed E-state index contributed by atoms with van der Waals surface area (Å²) in [6.45, 7) is 1.07. The van der Waals surface area contributed by atoms with Gasteiger partial charge in [0.2, 0.25) is 5.91 Å². The number of amidine groups is 1. The van der Waals surface area contributed by atoms with Gasteiger partial charge < -0.3 is 21.6 Å². The highest BCUT2D eigenvalue weighted by atomic mass is 19.1. The molecule has 1 aromatic rings. The zero-order valence-electron chi connectivity index (χ0n) is 10.9. The monoisotopic (exact) mass is 280 g/mol.